The summed E-state index contributed by atoms with van der Waals surface area (Å²) in [5, 5.41) is 0. The molecule has 0 fully saturated rings. The van der Waals surface area contributed by atoms with E-state index in [1.54, 1.807) is 0 Å². The van der Waals surface area contributed by atoms with Crippen molar-refractivity contribution < 1.29 is 4.74 Å². The molecule has 21 heavy (non-hydrogen) atoms. The van der Waals surface area contributed by atoms with Crippen LogP contribution in [0.5, 0.6) is 5.75 Å². The van der Waals surface area contributed by atoms with Crippen molar-refractivity contribution in [2.24, 2.45) is 5.73 Å². The molecule has 0 radical (unpaired) electrons. The van der Waals surface area contributed by atoms with E-state index in [1.165, 1.54) is 11.1 Å². The van der Waals surface area contributed by atoms with Crippen LogP contribution in [0.4, 0.5) is 0 Å². The van der Waals surface area contributed by atoms with Gasteiger partial charge in [-0.3, -0.25) is 4.90 Å². The van der Waals surface area contributed by atoms with Gasteiger partial charge in [0.05, 0.1) is 0 Å². The van der Waals surface area contributed by atoms with E-state index in [0.29, 0.717) is 11.6 Å². The average molecular weight is 298 g/mol. The lowest BCUT2D eigenvalue weighted by molar-refractivity contribution is 0.211. The van der Waals surface area contributed by atoms with Crippen molar-refractivity contribution in [3.63, 3.8) is 0 Å². The van der Waals surface area contributed by atoms with Crippen LogP contribution in [0.15, 0.2) is 48.5 Å². The highest BCUT2D eigenvalue weighted by Crippen LogP contribution is 2.21. The summed E-state index contributed by atoms with van der Waals surface area (Å²) in [6.07, 6.45) is 0. The first-order valence-electron chi connectivity index (χ1n) is 7.04. The van der Waals surface area contributed by atoms with Crippen molar-refractivity contribution in [1.82, 2.24) is 4.90 Å². The van der Waals surface area contributed by atoms with Crippen molar-refractivity contribution in [1.29, 1.82) is 0 Å². The molecule has 3 rings (SSSR count). The van der Waals surface area contributed by atoms with E-state index in [9.17, 15) is 0 Å². The topological polar surface area (TPSA) is 38.5 Å². The molecule has 0 saturated heterocycles. The zero-order chi connectivity index (χ0) is 14.7. The second kappa shape index (κ2) is 6.24. The molecule has 0 spiro atoms. The third-order valence-electron chi connectivity index (χ3n) is 3.70. The third-order valence-corrected chi connectivity index (χ3v) is 3.94. The van der Waals surface area contributed by atoms with E-state index in [0.717, 1.165) is 30.9 Å². The maximum absolute atomic E-state index is 5.80. The normalized spacial score (nSPS) is 13.9. The van der Waals surface area contributed by atoms with Gasteiger partial charge in [0.15, 0.2) is 0 Å². The molecular weight excluding hydrogens is 280 g/mol. The lowest BCUT2D eigenvalue weighted by atomic mass is 10.1. The number of nitrogens with two attached hydrogens (primary N) is 1. The maximum Gasteiger partial charge on any atom is 0.120 e. The first kappa shape index (κ1) is 14.0. The van der Waals surface area contributed by atoms with Gasteiger partial charge in [-0.05, 0) is 23.3 Å². The van der Waals surface area contributed by atoms with Crippen molar-refractivity contribution in [3.05, 3.63) is 65.2 Å². The summed E-state index contributed by atoms with van der Waals surface area (Å²) >= 11 is 4.98. The summed E-state index contributed by atoms with van der Waals surface area (Å²) in [5.74, 6) is 0.817. The Hall–Kier alpha value is -1.91. The molecule has 1 aliphatic rings. The quantitative estimate of drug-likeness (QED) is 0.862. The van der Waals surface area contributed by atoms with Gasteiger partial charge in [-0.15, -0.1) is 0 Å². The smallest absolute Gasteiger partial charge is 0.120 e. The zero-order valence-electron chi connectivity index (χ0n) is 11.8. The lowest BCUT2D eigenvalue weighted by Gasteiger charge is -2.15. The maximum atomic E-state index is 5.80. The lowest BCUT2D eigenvalue weighted by Crippen LogP contribution is -2.23. The Labute approximate surface area is 130 Å². The summed E-state index contributed by atoms with van der Waals surface area (Å²) in [6, 6.07) is 16.2. The first-order valence-corrected chi connectivity index (χ1v) is 7.45. The van der Waals surface area contributed by atoms with Gasteiger partial charge < -0.3 is 10.5 Å². The molecule has 4 heteroatoms. The fourth-order valence-corrected chi connectivity index (χ4v) is 2.72. The highest BCUT2D eigenvalue weighted by atomic mass is 32.1. The Morgan fingerprint density at radius 3 is 2.48 bits per heavy atom. The van der Waals surface area contributed by atoms with Gasteiger partial charge in [0.2, 0.25) is 0 Å². The minimum atomic E-state index is 0.399. The summed E-state index contributed by atoms with van der Waals surface area (Å²) in [6.45, 7) is 3.58. The van der Waals surface area contributed by atoms with Crippen LogP contribution in [0, 0.1) is 0 Å². The second-order valence-electron chi connectivity index (χ2n) is 5.22. The Morgan fingerprint density at radius 1 is 1.10 bits per heavy atom. The highest BCUT2D eigenvalue weighted by molar-refractivity contribution is 7.80. The standard InChI is InChI=1S/C17H18N2OS/c18-17(21)13-6-3-7-16(10-13)20-9-8-19-11-14-4-1-2-5-15(14)12-19/h1-7,10H,8-9,11-12H2,(H2,18,21). The molecule has 1 heterocycles. The van der Waals surface area contributed by atoms with Gasteiger partial charge in [-0.25, -0.2) is 0 Å². The van der Waals surface area contributed by atoms with Gasteiger partial charge in [0.25, 0.3) is 0 Å². The number of benzene rings is 2. The number of nitrogens with zero attached hydrogens (tertiary/aromatic N) is 1. The van der Waals surface area contributed by atoms with E-state index >= 15 is 0 Å². The molecule has 0 amide bonds. The van der Waals surface area contributed by atoms with Crippen LogP contribution in [0.2, 0.25) is 0 Å². The van der Waals surface area contributed by atoms with Crippen molar-refractivity contribution in [3.8, 4) is 5.75 Å². The molecule has 0 aliphatic carbocycles. The SMILES string of the molecule is NC(=S)c1cccc(OCCN2Cc3ccccc3C2)c1. The van der Waals surface area contributed by atoms with Crippen LogP contribution in [-0.2, 0) is 13.1 Å². The number of rotatable bonds is 5. The molecule has 108 valence electrons. The minimum absolute atomic E-state index is 0.399. The number of hydrogen-bond acceptors (Lipinski definition) is 3. The molecule has 0 bridgehead atoms. The zero-order valence-corrected chi connectivity index (χ0v) is 12.6. The van der Waals surface area contributed by atoms with Crippen LogP contribution in [0.25, 0.3) is 0 Å². The van der Waals surface area contributed by atoms with Crippen molar-refractivity contribution in [2.75, 3.05) is 13.2 Å². The summed E-state index contributed by atoms with van der Waals surface area (Å²) < 4.78 is 5.80. The Bertz CT molecular complexity index is 632. The van der Waals surface area contributed by atoms with E-state index in [1.807, 2.05) is 24.3 Å². The van der Waals surface area contributed by atoms with E-state index in [2.05, 4.69) is 29.2 Å². The van der Waals surface area contributed by atoms with Gasteiger partial charge in [-0.1, -0.05) is 48.6 Å². The molecule has 1 aliphatic heterocycles. The Balaban J connectivity index is 1.51. The van der Waals surface area contributed by atoms with Gasteiger partial charge in [-0.2, -0.15) is 0 Å². The van der Waals surface area contributed by atoms with E-state index < -0.39 is 0 Å². The predicted octanol–water partition coefficient (Wildman–Crippen LogP) is 2.72. The summed E-state index contributed by atoms with van der Waals surface area (Å²) in [7, 11) is 0. The molecule has 0 atom stereocenters. The first-order chi connectivity index (χ1) is 10.2. The molecular formula is C17H18N2OS. The van der Waals surface area contributed by atoms with Gasteiger partial charge in [0.1, 0.15) is 17.3 Å². The summed E-state index contributed by atoms with van der Waals surface area (Å²) in [4.78, 5) is 2.79. The largest absolute Gasteiger partial charge is 0.492 e. The molecule has 0 aromatic heterocycles. The number of thiocarbonyl (C=S) groups is 1. The van der Waals surface area contributed by atoms with Crippen LogP contribution in [-0.4, -0.2) is 23.0 Å². The fourth-order valence-electron chi connectivity index (χ4n) is 2.59. The third kappa shape index (κ3) is 3.40. The molecule has 3 nitrogen and oxygen atoms in total. The number of hydrogen-bond donors (Lipinski definition) is 1. The summed E-state index contributed by atoms with van der Waals surface area (Å²) in [5.41, 5.74) is 9.32. The second-order valence-corrected chi connectivity index (χ2v) is 5.66. The van der Waals surface area contributed by atoms with E-state index in [4.69, 9.17) is 22.7 Å². The predicted molar refractivity (Wildman–Crippen MR) is 88.4 cm³/mol. The van der Waals surface area contributed by atoms with E-state index in [-0.39, 0.29) is 0 Å². The minimum Gasteiger partial charge on any atom is -0.492 e. The number of ether oxygens (including phenoxy) is 1. The van der Waals surface area contributed by atoms with Crippen molar-refractivity contribution in [2.45, 2.75) is 13.1 Å². The molecule has 2 N–H and O–H groups in total. The molecule has 0 saturated carbocycles. The van der Waals surface area contributed by atoms with Crippen LogP contribution >= 0.6 is 12.2 Å². The number of fused-ring (bicyclic) bond motifs is 1. The molecule has 2 aromatic carbocycles. The average Bonchev–Trinajstić information content (AvgIpc) is 2.90. The Kier molecular flexibility index (Phi) is 4.18. The molecule has 0 unspecified atom stereocenters. The van der Waals surface area contributed by atoms with Crippen LogP contribution in [0.3, 0.4) is 0 Å². The van der Waals surface area contributed by atoms with Crippen molar-refractivity contribution >= 4 is 17.2 Å². The van der Waals surface area contributed by atoms with Crippen LogP contribution < -0.4 is 10.5 Å². The highest BCUT2D eigenvalue weighted by Gasteiger charge is 2.17. The Morgan fingerprint density at radius 2 is 1.81 bits per heavy atom. The van der Waals surface area contributed by atoms with Gasteiger partial charge >= 0.3 is 0 Å². The fraction of sp³-hybridized carbons (Fsp3) is 0.235. The van der Waals surface area contributed by atoms with Crippen LogP contribution in [0.1, 0.15) is 16.7 Å². The monoisotopic (exact) mass is 298 g/mol. The molecule has 2 aromatic rings. The van der Waals surface area contributed by atoms with Gasteiger partial charge in [0, 0.05) is 25.2 Å².